The molecule has 3 N–H and O–H groups in total. The van der Waals surface area contributed by atoms with Crippen molar-refractivity contribution < 1.29 is 4.74 Å². The van der Waals surface area contributed by atoms with Crippen molar-refractivity contribution >= 4 is 30.5 Å². The van der Waals surface area contributed by atoms with Crippen LogP contribution in [0.15, 0.2) is 18.3 Å². The van der Waals surface area contributed by atoms with Crippen LogP contribution >= 0.6 is 24.8 Å². The van der Waals surface area contributed by atoms with E-state index in [-0.39, 0.29) is 24.8 Å². The summed E-state index contributed by atoms with van der Waals surface area (Å²) >= 11 is 0. The fourth-order valence-electron chi connectivity index (χ4n) is 0.586. The van der Waals surface area contributed by atoms with Gasteiger partial charge in [-0.25, -0.2) is 4.98 Å². The fraction of sp³-hybridized carbons (Fsp3) is 0.167. The molecule has 6 heteroatoms. The van der Waals surface area contributed by atoms with Gasteiger partial charge in [-0.3, -0.25) is 5.84 Å². The van der Waals surface area contributed by atoms with E-state index in [2.05, 4.69) is 10.4 Å². The summed E-state index contributed by atoms with van der Waals surface area (Å²) in [5.74, 6) is 5.69. The van der Waals surface area contributed by atoms with Gasteiger partial charge in [-0.2, -0.15) is 0 Å². The molecule has 0 aliphatic heterocycles. The summed E-state index contributed by atoms with van der Waals surface area (Å²) < 4.78 is 4.83. The Labute approximate surface area is 83.3 Å². The van der Waals surface area contributed by atoms with Crippen LogP contribution in [0.3, 0.4) is 0 Å². The minimum absolute atomic E-state index is 0. The average molecular weight is 212 g/mol. The third-order valence-electron chi connectivity index (χ3n) is 1.11. The Morgan fingerprint density at radius 2 is 2.08 bits per heavy atom. The van der Waals surface area contributed by atoms with Crippen molar-refractivity contribution in [3.05, 3.63) is 18.3 Å². The predicted molar refractivity (Wildman–Crippen MR) is 53.1 cm³/mol. The van der Waals surface area contributed by atoms with Crippen molar-refractivity contribution in [2.24, 2.45) is 5.84 Å². The number of nitrogens with zero attached hydrogens (tertiary/aromatic N) is 1. The van der Waals surface area contributed by atoms with Gasteiger partial charge in [0, 0.05) is 6.07 Å². The van der Waals surface area contributed by atoms with Gasteiger partial charge in [0.2, 0.25) is 5.88 Å². The highest BCUT2D eigenvalue weighted by Crippen LogP contribution is 2.08. The number of halogens is 2. The van der Waals surface area contributed by atoms with E-state index < -0.39 is 0 Å². The van der Waals surface area contributed by atoms with Crippen molar-refractivity contribution in [1.29, 1.82) is 0 Å². The minimum atomic E-state index is 0. The van der Waals surface area contributed by atoms with Crippen molar-refractivity contribution in [1.82, 2.24) is 4.98 Å². The standard InChI is InChI=1S/C6H9N3O.2ClH/c1-10-6-3-2-5(9-7)4-8-6;;/h2-4,9H,7H2,1H3;2*1H. The number of ether oxygens (including phenoxy) is 1. The molecule has 0 unspecified atom stereocenters. The van der Waals surface area contributed by atoms with Gasteiger partial charge in [0.1, 0.15) is 0 Å². The Hall–Kier alpha value is -0.710. The van der Waals surface area contributed by atoms with Crippen molar-refractivity contribution in [3.8, 4) is 5.88 Å². The predicted octanol–water partition coefficient (Wildman–Crippen LogP) is 1.22. The molecule has 0 atom stereocenters. The third kappa shape index (κ3) is 3.61. The van der Waals surface area contributed by atoms with Crippen LogP contribution in [0, 0.1) is 0 Å². The molecule has 0 fully saturated rings. The highest BCUT2D eigenvalue weighted by Gasteiger charge is 1.90. The third-order valence-corrected chi connectivity index (χ3v) is 1.11. The lowest BCUT2D eigenvalue weighted by molar-refractivity contribution is 0.398. The topological polar surface area (TPSA) is 60.2 Å². The Morgan fingerprint density at radius 1 is 1.42 bits per heavy atom. The van der Waals surface area contributed by atoms with E-state index in [1.54, 1.807) is 25.4 Å². The van der Waals surface area contributed by atoms with Crippen LogP contribution in [0.1, 0.15) is 0 Å². The van der Waals surface area contributed by atoms with Crippen LogP contribution in [0.25, 0.3) is 0 Å². The molecule has 12 heavy (non-hydrogen) atoms. The molecule has 1 rings (SSSR count). The smallest absolute Gasteiger partial charge is 0.213 e. The number of nitrogens with two attached hydrogens (primary N) is 1. The number of methoxy groups -OCH3 is 1. The Kier molecular flexibility index (Phi) is 8.04. The number of hydrazine groups is 1. The van der Waals surface area contributed by atoms with Gasteiger partial charge in [-0.05, 0) is 6.07 Å². The molecule has 1 heterocycles. The summed E-state index contributed by atoms with van der Waals surface area (Å²) in [7, 11) is 1.57. The maximum atomic E-state index is 5.11. The molecule has 70 valence electrons. The zero-order valence-corrected chi connectivity index (χ0v) is 8.11. The lowest BCUT2D eigenvalue weighted by Crippen LogP contribution is -2.06. The number of hydrogen-bond acceptors (Lipinski definition) is 4. The molecule has 0 aliphatic rings. The molecule has 0 spiro atoms. The maximum absolute atomic E-state index is 5.11. The number of hydrogen-bond donors (Lipinski definition) is 2. The minimum Gasteiger partial charge on any atom is -0.481 e. The SMILES string of the molecule is COc1ccc(NN)cn1.Cl.Cl. The van der Waals surface area contributed by atoms with Crippen LogP contribution in [0.4, 0.5) is 5.69 Å². The summed E-state index contributed by atoms with van der Waals surface area (Å²) in [6.07, 6.45) is 1.60. The van der Waals surface area contributed by atoms with Crippen molar-refractivity contribution in [3.63, 3.8) is 0 Å². The van der Waals surface area contributed by atoms with Crippen LogP contribution in [-0.4, -0.2) is 12.1 Å². The first kappa shape index (κ1) is 13.9. The molecule has 0 saturated carbocycles. The molecule has 4 nitrogen and oxygen atoms in total. The number of anilines is 1. The van der Waals surface area contributed by atoms with E-state index in [1.165, 1.54) is 0 Å². The normalized spacial score (nSPS) is 7.50. The van der Waals surface area contributed by atoms with Gasteiger partial charge in [0.25, 0.3) is 0 Å². The summed E-state index contributed by atoms with van der Waals surface area (Å²) in [6, 6.07) is 3.51. The van der Waals surface area contributed by atoms with Gasteiger partial charge in [0.05, 0.1) is 19.0 Å². The zero-order valence-electron chi connectivity index (χ0n) is 6.48. The highest BCUT2D eigenvalue weighted by molar-refractivity contribution is 5.85. The van der Waals surface area contributed by atoms with Crippen molar-refractivity contribution in [2.45, 2.75) is 0 Å². The summed E-state index contributed by atoms with van der Waals surface area (Å²) in [5, 5.41) is 0. The van der Waals surface area contributed by atoms with E-state index in [0.29, 0.717) is 5.88 Å². The van der Waals surface area contributed by atoms with Crippen LogP contribution in [0.5, 0.6) is 5.88 Å². The fourth-order valence-corrected chi connectivity index (χ4v) is 0.586. The molecule has 1 aromatic heterocycles. The van der Waals surface area contributed by atoms with E-state index >= 15 is 0 Å². The first-order valence-corrected chi connectivity index (χ1v) is 2.83. The quantitative estimate of drug-likeness (QED) is 0.571. The van der Waals surface area contributed by atoms with E-state index in [9.17, 15) is 0 Å². The van der Waals surface area contributed by atoms with Crippen LogP contribution in [-0.2, 0) is 0 Å². The number of pyridine rings is 1. The van der Waals surface area contributed by atoms with E-state index in [0.717, 1.165) is 5.69 Å². The average Bonchev–Trinajstić information content (AvgIpc) is 2.05. The lowest BCUT2D eigenvalue weighted by Gasteiger charge is -1.99. The number of nitrogens with one attached hydrogen (secondary N) is 1. The number of aromatic nitrogens is 1. The molecule has 0 bridgehead atoms. The first-order chi connectivity index (χ1) is 4.86. The molecule has 0 amide bonds. The van der Waals surface area contributed by atoms with Gasteiger partial charge in [-0.15, -0.1) is 24.8 Å². The van der Waals surface area contributed by atoms with E-state index in [4.69, 9.17) is 10.6 Å². The molecular weight excluding hydrogens is 201 g/mol. The van der Waals surface area contributed by atoms with Gasteiger partial charge < -0.3 is 10.2 Å². The molecule has 0 aliphatic carbocycles. The molecule has 0 aromatic carbocycles. The van der Waals surface area contributed by atoms with Crippen molar-refractivity contribution in [2.75, 3.05) is 12.5 Å². The van der Waals surface area contributed by atoms with Gasteiger partial charge in [-0.1, -0.05) is 0 Å². The van der Waals surface area contributed by atoms with Gasteiger partial charge >= 0.3 is 0 Å². The largest absolute Gasteiger partial charge is 0.481 e. The Morgan fingerprint density at radius 3 is 2.42 bits per heavy atom. The molecule has 0 saturated heterocycles. The Bertz CT molecular complexity index is 181. The maximum Gasteiger partial charge on any atom is 0.213 e. The van der Waals surface area contributed by atoms with Crippen LogP contribution in [0.2, 0.25) is 0 Å². The molecular formula is C6H11Cl2N3O. The number of rotatable bonds is 2. The van der Waals surface area contributed by atoms with Gasteiger partial charge in [0.15, 0.2) is 0 Å². The summed E-state index contributed by atoms with van der Waals surface area (Å²) in [5.41, 5.74) is 3.22. The first-order valence-electron chi connectivity index (χ1n) is 2.83. The lowest BCUT2D eigenvalue weighted by atomic mass is 10.4. The second-order valence-electron chi connectivity index (χ2n) is 1.73. The second-order valence-corrected chi connectivity index (χ2v) is 1.73. The zero-order chi connectivity index (χ0) is 7.40. The number of nitrogen functional groups attached to an aromatic ring is 1. The van der Waals surface area contributed by atoms with Crippen LogP contribution < -0.4 is 16.0 Å². The second kappa shape index (κ2) is 6.97. The highest BCUT2D eigenvalue weighted by atomic mass is 35.5. The summed E-state index contributed by atoms with van der Waals surface area (Å²) in [6.45, 7) is 0. The monoisotopic (exact) mass is 211 g/mol. The molecule has 1 aromatic rings. The summed E-state index contributed by atoms with van der Waals surface area (Å²) in [4.78, 5) is 3.90. The molecule has 0 radical (unpaired) electrons. The Balaban J connectivity index is 0. The van der Waals surface area contributed by atoms with E-state index in [1.807, 2.05) is 0 Å².